The zero-order chi connectivity index (χ0) is 6.69. The normalized spacial score (nSPS) is 38.0. The van der Waals surface area contributed by atoms with E-state index in [4.69, 9.17) is 23.2 Å². The Morgan fingerprint density at radius 1 is 0.889 bits per heavy atom. The smallest absolute Gasteiger partial charge is 0.0350 e. The molecule has 2 atom stereocenters. The Labute approximate surface area is 66.5 Å². The van der Waals surface area contributed by atoms with E-state index in [9.17, 15) is 0 Å². The summed E-state index contributed by atoms with van der Waals surface area (Å²) in [6.07, 6.45) is 5.84. The molecule has 0 amide bonds. The molecule has 0 aromatic heterocycles. The van der Waals surface area contributed by atoms with Crippen LogP contribution < -0.4 is 0 Å². The number of hydrogen-bond donors (Lipinski definition) is 0. The second kappa shape index (κ2) is 3.68. The van der Waals surface area contributed by atoms with E-state index in [1.165, 1.54) is 12.8 Å². The predicted octanol–water partition coefficient (Wildman–Crippen LogP) is 3.17. The zero-order valence-corrected chi connectivity index (χ0v) is 6.96. The number of halogens is 2. The Morgan fingerprint density at radius 3 is 1.78 bits per heavy atom. The van der Waals surface area contributed by atoms with Crippen molar-refractivity contribution >= 4 is 23.2 Å². The molecule has 1 aliphatic rings. The molecule has 0 saturated heterocycles. The summed E-state index contributed by atoms with van der Waals surface area (Å²) in [5.41, 5.74) is 0. The van der Waals surface area contributed by atoms with E-state index in [-0.39, 0.29) is 0 Å². The fourth-order valence-corrected chi connectivity index (χ4v) is 2.07. The minimum Gasteiger partial charge on any atom is -0.123 e. The average molecular weight is 167 g/mol. The van der Waals surface area contributed by atoms with E-state index < -0.39 is 0 Å². The van der Waals surface area contributed by atoms with Gasteiger partial charge in [0.1, 0.15) is 0 Å². The van der Waals surface area contributed by atoms with Gasteiger partial charge in [-0.3, -0.25) is 0 Å². The summed E-state index contributed by atoms with van der Waals surface area (Å²) in [4.78, 5) is 0. The zero-order valence-electron chi connectivity index (χ0n) is 5.45. The Morgan fingerprint density at radius 2 is 1.33 bits per heavy atom. The lowest BCUT2D eigenvalue weighted by molar-refractivity contribution is 0.705. The van der Waals surface area contributed by atoms with Crippen molar-refractivity contribution in [1.82, 2.24) is 0 Å². The summed E-state index contributed by atoms with van der Waals surface area (Å²) >= 11 is 11.9. The van der Waals surface area contributed by atoms with Gasteiger partial charge < -0.3 is 0 Å². The molecule has 1 rings (SSSR count). The first kappa shape index (κ1) is 7.68. The Hall–Kier alpha value is 0.580. The van der Waals surface area contributed by atoms with Crippen LogP contribution in [0.3, 0.4) is 0 Å². The molecule has 0 N–H and O–H groups in total. The third-order valence-electron chi connectivity index (χ3n) is 1.80. The van der Waals surface area contributed by atoms with Gasteiger partial charge in [-0.25, -0.2) is 0 Å². The molecule has 0 aliphatic heterocycles. The number of hydrogen-bond acceptors (Lipinski definition) is 0. The largest absolute Gasteiger partial charge is 0.123 e. The molecule has 0 spiro atoms. The van der Waals surface area contributed by atoms with Crippen molar-refractivity contribution in [3.63, 3.8) is 0 Å². The van der Waals surface area contributed by atoms with Crippen LogP contribution in [0.25, 0.3) is 0 Å². The SMILES string of the molecule is Cl[C@H]1CCCC[C@H](Cl)C1. The van der Waals surface area contributed by atoms with Crippen molar-refractivity contribution in [1.29, 1.82) is 0 Å². The lowest BCUT2D eigenvalue weighted by Gasteiger charge is -2.06. The van der Waals surface area contributed by atoms with Crippen LogP contribution in [0, 0.1) is 0 Å². The molecule has 0 unspecified atom stereocenters. The monoisotopic (exact) mass is 166 g/mol. The quantitative estimate of drug-likeness (QED) is 0.384. The average Bonchev–Trinajstić information content (AvgIpc) is 1.93. The first-order valence-electron chi connectivity index (χ1n) is 3.57. The lowest BCUT2D eigenvalue weighted by Crippen LogP contribution is -2.03. The molecule has 54 valence electrons. The summed E-state index contributed by atoms with van der Waals surface area (Å²) in [7, 11) is 0. The van der Waals surface area contributed by atoms with Crippen molar-refractivity contribution in [2.24, 2.45) is 0 Å². The van der Waals surface area contributed by atoms with Crippen LogP contribution in [0.15, 0.2) is 0 Å². The fraction of sp³-hybridized carbons (Fsp3) is 1.00. The van der Waals surface area contributed by atoms with Crippen molar-refractivity contribution < 1.29 is 0 Å². The highest BCUT2D eigenvalue weighted by Crippen LogP contribution is 2.25. The van der Waals surface area contributed by atoms with Gasteiger partial charge in [0.15, 0.2) is 0 Å². The summed E-state index contributed by atoms with van der Waals surface area (Å²) < 4.78 is 0. The molecule has 0 heterocycles. The van der Waals surface area contributed by atoms with E-state index in [0.29, 0.717) is 10.8 Å². The summed E-state index contributed by atoms with van der Waals surface area (Å²) in [6.45, 7) is 0. The Balaban J connectivity index is 2.29. The number of rotatable bonds is 0. The van der Waals surface area contributed by atoms with Crippen LogP contribution in [0.2, 0.25) is 0 Å². The van der Waals surface area contributed by atoms with E-state index >= 15 is 0 Å². The maximum atomic E-state index is 5.93. The molecule has 0 aromatic carbocycles. The minimum atomic E-state index is 0.343. The second-order valence-electron chi connectivity index (χ2n) is 2.71. The summed E-state index contributed by atoms with van der Waals surface area (Å²) in [5.74, 6) is 0. The Bertz CT molecular complexity index is 73.0. The fourth-order valence-electron chi connectivity index (χ4n) is 1.24. The van der Waals surface area contributed by atoms with Gasteiger partial charge in [-0.2, -0.15) is 0 Å². The van der Waals surface area contributed by atoms with Gasteiger partial charge in [0, 0.05) is 10.8 Å². The van der Waals surface area contributed by atoms with Crippen molar-refractivity contribution in [2.45, 2.75) is 42.9 Å². The minimum absolute atomic E-state index is 0.343. The van der Waals surface area contributed by atoms with Crippen LogP contribution in [-0.2, 0) is 0 Å². The van der Waals surface area contributed by atoms with Crippen LogP contribution in [0.5, 0.6) is 0 Å². The van der Waals surface area contributed by atoms with Crippen LogP contribution in [0.1, 0.15) is 32.1 Å². The first-order chi connectivity index (χ1) is 4.29. The predicted molar refractivity (Wildman–Crippen MR) is 42.4 cm³/mol. The van der Waals surface area contributed by atoms with E-state index in [2.05, 4.69) is 0 Å². The third kappa shape index (κ3) is 2.77. The van der Waals surface area contributed by atoms with Crippen LogP contribution in [-0.4, -0.2) is 10.8 Å². The third-order valence-corrected chi connectivity index (χ3v) is 2.59. The standard InChI is InChI=1S/C7H12Cl2/c8-6-3-1-2-4-7(9)5-6/h6-7H,1-5H2/t6-,7-/m0/s1. The summed E-state index contributed by atoms with van der Waals surface area (Å²) in [6, 6.07) is 0. The van der Waals surface area contributed by atoms with Crippen LogP contribution >= 0.6 is 23.2 Å². The Kier molecular flexibility index (Phi) is 3.14. The molecule has 0 aromatic rings. The molecular weight excluding hydrogens is 155 g/mol. The maximum Gasteiger partial charge on any atom is 0.0350 e. The van der Waals surface area contributed by atoms with Crippen molar-refractivity contribution in [2.75, 3.05) is 0 Å². The molecule has 1 aliphatic carbocycles. The molecule has 1 fully saturated rings. The molecular formula is C7H12Cl2. The molecule has 1 saturated carbocycles. The van der Waals surface area contributed by atoms with E-state index in [1.54, 1.807) is 0 Å². The summed E-state index contributed by atoms with van der Waals surface area (Å²) in [5, 5.41) is 0.685. The lowest BCUT2D eigenvalue weighted by atomic mass is 10.2. The van der Waals surface area contributed by atoms with Gasteiger partial charge in [-0.15, -0.1) is 23.2 Å². The van der Waals surface area contributed by atoms with Gasteiger partial charge in [-0.1, -0.05) is 12.8 Å². The maximum absolute atomic E-state index is 5.93. The van der Waals surface area contributed by atoms with Crippen LogP contribution in [0.4, 0.5) is 0 Å². The van der Waals surface area contributed by atoms with E-state index in [1.807, 2.05) is 0 Å². The molecule has 0 nitrogen and oxygen atoms in total. The molecule has 2 heteroatoms. The second-order valence-corrected chi connectivity index (χ2v) is 3.95. The topological polar surface area (TPSA) is 0 Å². The molecule has 0 radical (unpaired) electrons. The molecule has 0 bridgehead atoms. The van der Waals surface area contributed by atoms with Gasteiger partial charge >= 0.3 is 0 Å². The molecule has 9 heavy (non-hydrogen) atoms. The van der Waals surface area contributed by atoms with Crippen molar-refractivity contribution in [3.8, 4) is 0 Å². The van der Waals surface area contributed by atoms with Gasteiger partial charge in [-0.05, 0) is 19.3 Å². The van der Waals surface area contributed by atoms with E-state index in [0.717, 1.165) is 19.3 Å². The number of alkyl halides is 2. The van der Waals surface area contributed by atoms with Gasteiger partial charge in [0.2, 0.25) is 0 Å². The highest BCUT2D eigenvalue weighted by atomic mass is 35.5. The van der Waals surface area contributed by atoms with Gasteiger partial charge in [0.05, 0.1) is 0 Å². The highest BCUT2D eigenvalue weighted by Gasteiger charge is 2.15. The highest BCUT2D eigenvalue weighted by molar-refractivity contribution is 6.23. The van der Waals surface area contributed by atoms with Gasteiger partial charge in [0.25, 0.3) is 0 Å². The van der Waals surface area contributed by atoms with Crippen molar-refractivity contribution in [3.05, 3.63) is 0 Å². The first-order valence-corrected chi connectivity index (χ1v) is 4.44.